The van der Waals surface area contributed by atoms with Crippen LogP contribution in [0.1, 0.15) is 17.3 Å². The molecule has 10 heteroatoms. The van der Waals surface area contributed by atoms with Crippen LogP contribution >= 0.6 is 11.6 Å². The number of benzene rings is 3. The first-order valence-electron chi connectivity index (χ1n) is 9.83. The quantitative estimate of drug-likeness (QED) is 0.470. The number of amides is 1. The Morgan fingerprint density at radius 2 is 1.70 bits per heavy atom. The molecule has 3 aromatic carbocycles. The monoisotopic (exact) mass is 490 g/mol. The number of hydrogen-bond donors (Lipinski definition) is 1. The molecule has 0 bridgehead atoms. The summed E-state index contributed by atoms with van der Waals surface area (Å²) in [7, 11) is -3.95. The van der Waals surface area contributed by atoms with Crippen LogP contribution in [0.3, 0.4) is 0 Å². The minimum absolute atomic E-state index is 0.0220. The molecule has 0 unspecified atom stereocenters. The van der Waals surface area contributed by atoms with Gasteiger partial charge in [-0.25, -0.2) is 17.6 Å². The smallest absolute Gasteiger partial charge is 0.341 e. The van der Waals surface area contributed by atoms with Gasteiger partial charge >= 0.3 is 5.97 Å². The van der Waals surface area contributed by atoms with Crippen LogP contribution in [-0.2, 0) is 19.6 Å². The van der Waals surface area contributed by atoms with Crippen LogP contribution in [0, 0.1) is 5.82 Å². The molecule has 172 valence electrons. The van der Waals surface area contributed by atoms with Crippen LogP contribution in [0.5, 0.6) is 0 Å². The molecular formula is C23H20ClFN2O5S. The molecule has 1 N–H and O–H groups in total. The topological polar surface area (TPSA) is 92.8 Å². The van der Waals surface area contributed by atoms with Gasteiger partial charge in [0.1, 0.15) is 5.82 Å². The summed E-state index contributed by atoms with van der Waals surface area (Å²) in [6.45, 7) is 1.17. The van der Waals surface area contributed by atoms with Gasteiger partial charge in [0.25, 0.3) is 15.9 Å². The molecule has 0 aliphatic heterocycles. The van der Waals surface area contributed by atoms with Crippen molar-refractivity contribution < 1.29 is 27.1 Å². The summed E-state index contributed by atoms with van der Waals surface area (Å²) in [6.07, 6.45) is 0. The van der Waals surface area contributed by atoms with Gasteiger partial charge in [-0.15, -0.1) is 0 Å². The van der Waals surface area contributed by atoms with Crippen molar-refractivity contribution in [2.24, 2.45) is 0 Å². The predicted molar refractivity (Wildman–Crippen MR) is 123 cm³/mol. The molecule has 3 aromatic rings. The second-order valence-electron chi connectivity index (χ2n) is 6.75. The summed E-state index contributed by atoms with van der Waals surface area (Å²) in [5.74, 6) is -2.55. The number of halogens is 2. The highest BCUT2D eigenvalue weighted by atomic mass is 35.5. The fourth-order valence-electron chi connectivity index (χ4n) is 3.00. The second-order valence-corrected chi connectivity index (χ2v) is 9.02. The van der Waals surface area contributed by atoms with Crippen molar-refractivity contribution in [2.45, 2.75) is 11.8 Å². The van der Waals surface area contributed by atoms with Crippen LogP contribution < -0.4 is 9.62 Å². The van der Waals surface area contributed by atoms with Gasteiger partial charge in [-0.1, -0.05) is 41.9 Å². The average Bonchev–Trinajstić information content (AvgIpc) is 2.80. The number of carbonyl (C=O) groups is 2. The minimum atomic E-state index is -3.95. The summed E-state index contributed by atoms with van der Waals surface area (Å²) >= 11 is 6.12. The van der Waals surface area contributed by atoms with Crippen LogP contribution in [0.2, 0.25) is 5.02 Å². The van der Waals surface area contributed by atoms with Gasteiger partial charge < -0.3 is 10.1 Å². The number of esters is 1. The van der Waals surface area contributed by atoms with Gasteiger partial charge in [-0.2, -0.15) is 0 Å². The highest BCUT2D eigenvalue weighted by Crippen LogP contribution is 2.29. The standard InChI is InChI=1S/C23H20ClFN2O5S/c1-2-27(16-8-4-3-5-9-16)33(30,31)17-12-13-19(24)21(14-17)26-22(28)15-32-23(29)18-10-6-7-11-20(18)25/h3-14H,2,15H2,1H3,(H,26,28). The molecule has 0 atom stereocenters. The second kappa shape index (κ2) is 10.5. The Labute approximate surface area is 195 Å². The van der Waals surface area contributed by atoms with E-state index in [9.17, 15) is 22.4 Å². The number of rotatable bonds is 8. The fraction of sp³-hybridized carbons (Fsp3) is 0.130. The van der Waals surface area contributed by atoms with Gasteiger partial charge in [-0.05, 0) is 49.4 Å². The molecule has 0 heterocycles. The van der Waals surface area contributed by atoms with Crippen molar-refractivity contribution in [1.29, 1.82) is 0 Å². The van der Waals surface area contributed by atoms with Gasteiger partial charge in [0.05, 0.1) is 26.9 Å². The van der Waals surface area contributed by atoms with Gasteiger partial charge in [-0.3, -0.25) is 9.10 Å². The molecule has 33 heavy (non-hydrogen) atoms. The molecule has 0 spiro atoms. The van der Waals surface area contributed by atoms with Crippen molar-refractivity contribution in [3.05, 3.63) is 89.2 Å². The maximum atomic E-state index is 13.7. The zero-order valence-corrected chi connectivity index (χ0v) is 19.1. The van der Waals surface area contributed by atoms with Crippen molar-refractivity contribution in [1.82, 2.24) is 0 Å². The zero-order chi connectivity index (χ0) is 24.0. The molecule has 0 radical (unpaired) electrons. The average molecular weight is 491 g/mol. The lowest BCUT2D eigenvalue weighted by Gasteiger charge is -2.23. The number of carbonyl (C=O) groups excluding carboxylic acids is 2. The van der Waals surface area contributed by atoms with E-state index in [0.29, 0.717) is 5.69 Å². The largest absolute Gasteiger partial charge is 0.452 e. The normalized spacial score (nSPS) is 11.0. The molecule has 0 saturated heterocycles. The number of nitrogens with zero attached hydrogens (tertiary/aromatic N) is 1. The Bertz CT molecular complexity index is 1270. The van der Waals surface area contributed by atoms with E-state index >= 15 is 0 Å². The lowest BCUT2D eigenvalue weighted by atomic mass is 10.2. The fourth-order valence-corrected chi connectivity index (χ4v) is 4.66. The predicted octanol–water partition coefficient (Wildman–Crippen LogP) is 4.49. The third-order valence-corrected chi connectivity index (χ3v) is 6.79. The van der Waals surface area contributed by atoms with E-state index in [1.54, 1.807) is 37.3 Å². The number of nitrogens with one attached hydrogen (secondary N) is 1. The van der Waals surface area contributed by atoms with Gasteiger partial charge in [0.2, 0.25) is 0 Å². The first-order valence-corrected chi connectivity index (χ1v) is 11.6. The first-order chi connectivity index (χ1) is 15.7. The van der Waals surface area contributed by atoms with E-state index in [0.717, 1.165) is 6.07 Å². The van der Waals surface area contributed by atoms with Crippen molar-refractivity contribution in [3.63, 3.8) is 0 Å². The molecule has 7 nitrogen and oxygen atoms in total. The molecule has 0 aliphatic rings. The molecule has 1 amide bonds. The summed E-state index contributed by atoms with van der Waals surface area (Å²) < 4.78 is 46.1. The number of para-hydroxylation sites is 1. The third-order valence-electron chi connectivity index (χ3n) is 4.56. The minimum Gasteiger partial charge on any atom is -0.452 e. The number of ether oxygens (including phenoxy) is 1. The maximum Gasteiger partial charge on any atom is 0.341 e. The SMILES string of the molecule is CCN(c1ccccc1)S(=O)(=O)c1ccc(Cl)c(NC(=O)COC(=O)c2ccccc2F)c1. The van der Waals surface area contributed by atoms with Crippen molar-refractivity contribution in [3.8, 4) is 0 Å². The van der Waals surface area contributed by atoms with E-state index in [2.05, 4.69) is 5.32 Å². The highest BCUT2D eigenvalue weighted by Gasteiger charge is 2.25. The van der Waals surface area contributed by atoms with E-state index in [1.165, 1.54) is 40.7 Å². The van der Waals surface area contributed by atoms with Crippen molar-refractivity contribution >= 4 is 44.9 Å². The highest BCUT2D eigenvalue weighted by molar-refractivity contribution is 7.92. The Hall–Kier alpha value is -3.43. The Kier molecular flexibility index (Phi) is 7.67. The van der Waals surface area contributed by atoms with Crippen LogP contribution in [-0.4, -0.2) is 33.4 Å². The summed E-state index contributed by atoms with van der Waals surface area (Å²) in [6, 6.07) is 17.7. The Balaban J connectivity index is 1.75. The van der Waals surface area contributed by atoms with Crippen LogP contribution in [0.4, 0.5) is 15.8 Å². The number of anilines is 2. The summed E-state index contributed by atoms with van der Waals surface area (Å²) in [5, 5.41) is 2.50. The number of hydrogen-bond acceptors (Lipinski definition) is 5. The van der Waals surface area contributed by atoms with Gasteiger partial charge in [0.15, 0.2) is 6.61 Å². The summed E-state index contributed by atoms with van der Waals surface area (Å²) in [5.41, 5.74) is 0.200. The van der Waals surface area contributed by atoms with Crippen LogP contribution in [0.25, 0.3) is 0 Å². The van der Waals surface area contributed by atoms with E-state index in [4.69, 9.17) is 16.3 Å². The zero-order valence-electron chi connectivity index (χ0n) is 17.5. The Morgan fingerprint density at radius 1 is 1.03 bits per heavy atom. The first kappa shape index (κ1) is 24.2. The maximum absolute atomic E-state index is 13.7. The molecule has 0 aliphatic carbocycles. The van der Waals surface area contributed by atoms with E-state index in [-0.39, 0.29) is 27.7 Å². The lowest BCUT2D eigenvalue weighted by Crippen LogP contribution is -2.30. The third kappa shape index (κ3) is 5.68. The molecular weight excluding hydrogens is 471 g/mol. The molecule has 3 rings (SSSR count). The summed E-state index contributed by atoms with van der Waals surface area (Å²) in [4.78, 5) is 24.1. The lowest BCUT2D eigenvalue weighted by molar-refractivity contribution is -0.119. The van der Waals surface area contributed by atoms with E-state index in [1.807, 2.05) is 0 Å². The van der Waals surface area contributed by atoms with Crippen LogP contribution in [0.15, 0.2) is 77.7 Å². The van der Waals surface area contributed by atoms with E-state index < -0.39 is 34.3 Å². The number of sulfonamides is 1. The molecule has 0 aromatic heterocycles. The molecule has 0 saturated carbocycles. The van der Waals surface area contributed by atoms with Crippen molar-refractivity contribution in [2.75, 3.05) is 22.8 Å². The van der Waals surface area contributed by atoms with Gasteiger partial charge in [0, 0.05) is 6.54 Å². The Morgan fingerprint density at radius 3 is 2.36 bits per heavy atom. The molecule has 0 fully saturated rings.